The van der Waals surface area contributed by atoms with Gasteiger partial charge in [-0.25, -0.2) is 0 Å². The van der Waals surface area contributed by atoms with Gasteiger partial charge in [0.05, 0.1) is 6.04 Å². The maximum atomic E-state index is 11.8. The van der Waals surface area contributed by atoms with Gasteiger partial charge in [-0.2, -0.15) is 0 Å². The lowest BCUT2D eigenvalue weighted by atomic mass is 9.98. The Hall–Kier alpha value is -1.06. The minimum Gasteiger partial charge on any atom is -0.350 e. The molecule has 0 aliphatic heterocycles. The van der Waals surface area contributed by atoms with E-state index in [-0.39, 0.29) is 30.4 Å². The van der Waals surface area contributed by atoms with Gasteiger partial charge in [0.25, 0.3) is 0 Å². The summed E-state index contributed by atoms with van der Waals surface area (Å²) in [5.41, 5.74) is 9.33. The molecule has 0 spiro atoms. The van der Waals surface area contributed by atoms with Crippen LogP contribution in [-0.2, 0) is 4.79 Å². The molecule has 0 bridgehead atoms. The number of halogens is 1. The molecule has 3 N–H and O–H groups in total. The third kappa shape index (κ3) is 5.62. The Morgan fingerprint density at radius 1 is 1.32 bits per heavy atom. The van der Waals surface area contributed by atoms with E-state index in [1.807, 2.05) is 19.9 Å². The molecule has 2 unspecified atom stereocenters. The van der Waals surface area contributed by atoms with Crippen molar-refractivity contribution in [2.24, 2.45) is 5.73 Å². The van der Waals surface area contributed by atoms with Gasteiger partial charge in [-0.3, -0.25) is 4.79 Å². The molecular formula is C15H25ClN2O. The lowest BCUT2D eigenvalue weighted by Gasteiger charge is -2.18. The summed E-state index contributed by atoms with van der Waals surface area (Å²) in [6.07, 6.45) is 1.22. The molecule has 4 heteroatoms. The zero-order chi connectivity index (χ0) is 13.7. The van der Waals surface area contributed by atoms with E-state index in [1.54, 1.807) is 0 Å². The van der Waals surface area contributed by atoms with Gasteiger partial charge in [0, 0.05) is 12.5 Å². The first-order valence-corrected chi connectivity index (χ1v) is 6.53. The highest BCUT2D eigenvalue weighted by Gasteiger charge is 2.12. The molecule has 0 radical (unpaired) electrons. The van der Waals surface area contributed by atoms with Crippen molar-refractivity contribution in [2.75, 3.05) is 0 Å². The first kappa shape index (κ1) is 17.9. The third-order valence-corrected chi connectivity index (χ3v) is 3.32. The molecular weight excluding hydrogens is 260 g/mol. The number of nitrogens with one attached hydrogen (secondary N) is 1. The number of carbonyl (C=O) groups excluding carboxylic acids is 1. The Morgan fingerprint density at radius 3 is 2.53 bits per heavy atom. The van der Waals surface area contributed by atoms with Gasteiger partial charge in [-0.1, -0.05) is 18.2 Å². The number of rotatable bonds is 5. The van der Waals surface area contributed by atoms with Crippen LogP contribution in [0.4, 0.5) is 0 Å². The van der Waals surface area contributed by atoms with Crippen LogP contribution in [0.3, 0.4) is 0 Å². The minimum atomic E-state index is 0. The van der Waals surface area contributed by atoms with Crippen LogP contribution in [0, 0.1) is 13.8 Å². The van der Waals surface area contributed by atoms with Gasteiger partial charge in [-0.15, -0.1) is 12.4 Å². The van der Waals surface area contributed by atoms with E-state index in [2.05, 4.69) is 31.3 Å². The molecule has 0 saturated heterocycles. The van der Waals surface area contributed by atoms with Crippen molar-refractivity contribution < 1.29 is 4.79 Å². The summed E-state index contributed by atoms with van der Waals surface area (Å²) >= 11 is 0. The zero-order valence-corrected chi connectivity index (χ0v) is 13.0. The zero-order valence-electron chi connectivity index (χ0n) is 12.2. The van der Waals surface area contributed by atoms with Gasteiger partial charge in [0.2, 0.25) is 5.91 Å². The summed E-state index contributed by atoms with van der Waals surface area (Å²) in [4.78, 5) is 11.8. The number of hydrogen-bond acceptors (Lipinski definition) is 2. The first-order chi connectivity index (χ1) is 8.41. The summed E-state index contributed by atoms with van der Waals surface area (Å²) in [6.45, 7) is 8.12. The molecule has 1 aromatic rings. The highest BCUT2D eigenvalue weighted by atomic mass is 35.5. The lowest BCUT2D eigenvalue weighted by Crippen LogP contribution is -2.28. The van der Waals surface area contributed by atoms with Crippen molar-refractivity contribution in [3.05, 3.63) is 34.9 Å². The first-order valence-electron chi connectivity index (χ1n) is 6.53. The standard InChI is InChI=1S/C15H24N2O.ClH/c1-10-6-5-7-14(12(10)3)13(4)17-15(18)9-8-11(2)16;/h5-7,11,13H,8-9,16H2,1-4H3,(H,17,18);1H. The maximum Gasteiger partial charge on any atom is 0.220 e. The highest BCUT2D eigenvalue weighted by molar-refractivity contribution is 5.85. The average molecular weight is 285 g/mol. The largest absolute Gasteiger partial charge is 0.350 e. The van der Waals surface area contributed by atoms with Crippen molar-refractivity contribution in [3.8, 4) is 0 Å². The fraction of sp³-hybridized carbons (Fsp3) is 0.533. The molecule has 3 nitrogen and oxygen atoms in total. The second-order valence-corrected chi connectivity index (χ2v) is 5.09. The van der Waals surface area contributed by atoms with Crippen molar-refractivity contribution in [3.63, 3.8) is 0 Å². The number of aryl methyl sites for hydroxylation is 1. The molecule has 1 rings (SSSR count). The van der Waals surface area contributed by atoms with Crippen LogP contribution in [0.25, 0.3) is 0 Å². The summed E-state index contributed by atoms with van der Waals surface area (Å²) in [6, 6.07) is 6.31. The molecule has 0 fully saturated rings. The quantitative estimate of drug-likeness (QED) is 0.873. The summed E-state index contributed by atoms with van der Waals surface area (Å²) < 4.78 is 0. The van der Waals surface area contributed by atoms with Gasteiger partial charge >= 0.3 is 0 Å². The number of amides is 1. The predicted octanol–water partition coefficient (Wildman–Crippen LogP) is 3.03. The van der Waals surface area contributed by atoms with E-state index in [0.29, 0.717) is 6.42 Å². The van der Waals surface area contributed by atoms with Crippen LogP contribution in [0.5, 0.6) is 0 Å². The molecule has 1 aromatic carbocycles. The molecule has 108 valence electrons. The monoisotopic (exact) mass is 284 g/mol. The number of carbonyl (C=O) groups is 1. The Kier molecular flexibility index (Phi) is 7.72. The SMILES string of the molecule is Cc1cccc(C(C)NC(=O)CCC(C)N)c1C.Cl. The summed E-state index contributed by atoms with van der Waals surface area (Å²) in [5, 5.41) is 3.03. The average Bonchev–Trinajstić information content (AvgIpc) is 2.30. The molecule has 1 amide bonds. The molecule has 2 atom stereocenters. The van der Waals surface area contributed by atoms with Crippen molar-refractivity contribution in [2.45, 2.75) is 52.6 Å². The van der Waals surface area contributed by atoms with E-state index in [1.165, 1.54) is 16.7 Å². The van der Waals surface area contributed by atoms with Crippen LogP contribution >= 0.6 is 12.4 Å². The topological polar surface area (TPSA) is 55.1 Å². The minimum absolute atomic E-state index is 0. The molecule has 0 aromatic heterocycles. The molecule has 19 heavy (non-hydrogen) atoms. The number of hydrogen-bond donors (Lipinski definition) is 2. The Morgan fingerprint density at radius 2 is 1.95 bits per heavy atom. The van der Waals surface area contributed by atoms with Gasteiger partial charge in [0.15, 0.2) is 0 Å². The second kappa shape index (κ2) is 8.18. The van der Waals surface area contributed by atoms with Gasteiger partial charge in [0.1, 0.15) is 0 Å². The molecule has 0 aliphatic carbocycles. The fourth-order valence-electron chi connectivity index (χ4n) is 1.99. The Labute approximate surface area is 122 Å². The van der Waals surface area contributed by atoms with E-state index in [4.69, 9.17) is 5.73 Å². The van der Waals surface area contributed by atoms with Gasteiger partial charge in [-0.05, 0) is 50.8 Å². The van der Waals surface area contributed by atoms with E-state index in [9.17, 15) is 4.79 Å². The number of nitrogens with two attached hydrogens (primary N) is 1. The Balaban J connectivity index is 0.00000324. The fourth-order valence-corrected chi connectivity index (χ4v) is 1.99. The Bertz CT molecular complexity index is 419. The highest BCUT2D eigenvalue weighted by Crippen LogP contribution is 2.20. The number of benzene rings is 1. The van der Waals surface area contributed by atoms with Crippen LogP contribution < -0.4 is 11.1 Å². The second-order valence-electron chi connectivity index (χ2n) is 5.09. The lowest BCUT2D eigenvalue weighted by molar-refractivity contribution is -0.121. The van der Waals surface area contributed by atoms with E-state index < -0.39 is 0 Å². The van der Waals surface area contributed by atoms with Crippen LogP contribution in [0.15, 0.2) is 18.2 Å². The molecule has 0 saturated carbocycles. The summed E-state index contributed by atoms with van der Waals surface area (Å²) in [7, 11) is 0. The van der Waals surface area contributed by atoms with Crippen molar-refractivity contribution >= 4 is 18.3 Å². The van der Waals surface area contributed by atoms with Gasteiger partial charge < -0.3 is 11.1 Å². The van der Waals surface area contributed by atoms with E-state index in [0.717, 1.165) is 6.42 Å². The summed E-state index contributed by atoms with van der Waals surface area (Å²) in [5.74, 6) is 0.0701. The third-order valence-electron chi connectivity index (χ3n) is 3.32. The smallest absolute Gasteiger partial charge is 0.220 e. The normalized spacial score (nSPS) is 13.3. The maximum absolute atomic E-state index is 11.8. The van der Waals surface area contributed by atoms with Crippen molar-refractivity contribution in [1.82, 2.24) is 5.32 Å². The molecule has 0 heterocycles. The van der Waals surface area contributed by atoms with Crippen LogP contribution in [0.2, 0.25) is 0 Å². The molecule has 0 aliphatic rings. The van der Waals surface area contributed by atoms with E-state index >= 15 is 0 Å². The van der Waals surface area contributed by atoms with Crippen LogP contribution in [-0.4, -0.2) is 11.9 Å². The van der Waals surface area contributed by atoms with Crippen molar-refractivity contribution in [1.29, 1.82) is 0 Å². The van der Waals surface area contributed by atoms with Crippen LogP contribution in [0.1, 0.15) is 49.4 Å². The predicted molar refractivity (Wildman–Crippen MR) is 82.6 cm³/mol.